The molecular formula is C66H47N3. The van der Waals surface area contributed by atoms with E-state index in [1.54, 1.807) is 0 Å². The maximum absolute atomic E-state index is 2.40. The number of hydrogen-bond acceptors (Lipinski definition) is 0. The van der Waals surface area contributed by atoms with Gasteiger partial charge in [0.05, 0.1) is 16.6 Å². The van der Waals surface area contributed by atoms with Gasteiger partial charge in [-0.1, -0.05) is 158 Å². The molecule has 9 aromatic carbocycles. The Morgan fingerprint density at radius 1 is 0.290 bits per heavy atom. The van der Waals surface area contributed by atoms with Gasteiger partial charge in [-0.05, 0) is 148 Å². The summed E-state index contributed by atoms with van der Waals surface area (Å²) in [5, 5.41) is 3.72. The van der Waals surface area contributed by atoms with Crippen LogP contribution >= 0.6 is 0 Å². The summed E-state index contributed by atoms with van der Waals surface area (Å²) in [6, 6.07) is 82.0. The lowest BCUT2D eigenvalue weighted by molar-refractivity contribution is 0.964. The summed E-state index contributed by atoms with van der Waals surface area (Å²) in [5.74, 6) is 0. The predicted octanol–water partition coefficient (Wildman–Crippen LogP) is 17.7. The minimum Gasteiger partial charge on any atom is -0.320 e. The van der Waals surface area contributed by atoms with Crippen LogP contribution in [0.15, 0.2) is 261 Å². The molecule has 0 unspecified atom stereocenters. The second-order valence-electron chi connectivity index (χ2n) is 18.1. The third kappa shape index (κ3) is 7.33. The molecule has 0 bridgehead atoms. The summed E-state index contributed by atoms with van der Waals surface area (Å²) in [6.45, 7) is 0. The van der Waals surface area contributed by atoms with Crippen LogP contribution in [0, 0.1) is 0 Å². The molecule has 0 atom stereocenters. The normalized spacial score (nSPS) is 12.6. The van der Waals surface area contributed by atoms with Crippen molar-refractivity contribution in [1.29, 1.82) is 0 Å². The largest absolute Gasteiger partial charge is 0.320 e. The standard InChI is InChI=1S/C66H47N3/c1-4-25-55(26-5-1)67-43-61(58-31-10-13-34-64(58)67)49-22-16-19-46(37-49)52-40-53(47-20-17-23-50(38-47)62-44-68(56-27-6-2-7-28-56)65-35-14-11-32-59(62)65)42-54(41-52)48-21-18-24-51(39-48)63-45-69(57-29-8-3-9-30-57)66-36-15-12-33-60(63)66/h1-8,10-29,31-45H,9,30H2. The molecule has 0 N–H and O–H groups in total. The highest BCUT2D eigenvalue weighted by Crippen LogP contribution is 2.41. The van der Waals surface area contributed by atoms with E-state index in [4.69, 9.17) is 0 Å². The SMILES string of the molecule is C1=CCCC(n2cc(-c3cccc(-c4cc(-c5cccc(-c6cn(-c7ccccc7)c7ccccc67)c5)cc(-c5cccc(-c6cn(-c7ccccc7)c7ccccc67)c5)c4)c3)c3ccccc32)=C1. The van der Waals surface area contributed by atoms with Crippen LogP contribution in [0.5, 0.6) is 0 Å². The van der Waals surface area contributed by atoms with Gasteiger partial charge in [0.2, 0.25) is 0 Å². The summed E-state index contributed by atoms with van der Waals surface area (Å²) in [7, 11) is 0. The lowest BCUT2D eigenvalue weighted by Crippen LogP contribution is -1.96. The Bertz CT molecular complexity index is 3770. The Morgan fingerprint density at radius 2 is 0.638 bits per heavy atom. The Kier molecular flexibility index (Phi) is 9.98. The van der Waals surface area contributed by atoms with Crippen LogP contribution in [0.25, 0.3) is 117 Å². The molecule has 0 radical (unpaired) electrons. The Balaban J connectivity index is 0.966. The Hall–Kier alpha value is -8.92. The molecule has 0 spiro atoms. The fourth-order valence-corrected chi connectivity index (χ4v) is 10.6. The first-order valence-electron chi connectivity index (χ1n) is 23.9. The average molecular weight is 882 g/mol. The molecule has 1 aliphatic rings. The fraction of sp³-hybridized carbons (Fsp3) is 0.0303. The number of para-hydroxylation sites is 5. The number of aromatic nitrogens is 3. The zero-order chi connectivity index (χ0) is 45.7. The van der Waals surface area contributed by atoms with E-state index in [1.807, 2.05) is 0 Å². The summed E-state index contributed by atoms with van der Waals surface area (Å²) in [6.07, 6.45) is 15.7. The van der Waals surface area contributed by atoms with Crippen LogP contribution in [0.2, 0.25) is 0 Å². The van der Waals surface area contributed by atoms with Crippen LogP contribution in [-0.4, -0.2) is 13.7 Å². The molecule has 3 nitrogen and oxygen atoms in total. The molecule has 0 saturated carbocycles. The van der Waals surface area contributed by atoms with E-state index in [2.05, 4.69) is 275 Å². The molecule has 3 aromatic heterocycles. The van der Waals surface area contributed by atoms with Crippen LogP contribution in [0.1, 0.15) is 12.8 Å². The number of nitrogens with zero attached hydrogens (tertiary/aromatic N) is 3. The molecule has 3 heteroatoms. The van der Waals surface area contributed by atoms with E-state index in [1.165, 1.54) is 105 Å². The average Bonchev–Trinajstić information content (AvgIpc) is 4.15. The number of rotatable bonds is 9. The van der Waals surface area contributed by atoms with E-state index >= 15 is 0 Å². The zero-order valence-electron chi connectivity index (χ0n) is 38.1. The van der Waals surface area contributed by atoms with Crippen molar-refractivity contribution in [1.82, 2.24) is 13.7 Å². The molecule has 0 fully saturated rings. The predicted molar refractivity (Wildman–Crippen MR) is 291 cm³/mol. The van der Waals surface area contributed by atoms with Gasteiger partial charge in [-0.3, -0.25) is 0 Å². The molecule has 12 aromatic rings. The van der Waals surface area contributed by atoms with E-state index in [0.29, 0.717) is 0 Å². The Morgan fingerprint density at radius 3 is 1.04 bits per heavy atom. The van der Waals surface area contributed by atoms with Crippen molar-refractivity contribution in [2.45, 2.75) is 12.8 Å². The van der Waals surface area contributed by atoms with Gasteiger partial charge in [0.25, 0.3) is 0 Å². The van der Waals surface area contributed by atoms with Gasteiger partial charge in [0, 0.05) is 68.5 Å². The molecular weight excluding hydrogens is 835 g/mol. The molecule has 1 aliphatic carbocycles. The molecule has 326 valence electrons. The quantitative estimate of drug-likeness (QED) is 0.137. The van der Waals surface area contributed by atoms with Crippen molar-refractivity contribution in [3.05, 3.63) is 261 Å². The highest BCUT2D eigenvalue weighted by atomic mass is 15.0. The topological polar surface area (TPSA) is 14.8 Å². The first-order valence-corrected chi connectivity index (χ1v) is 23.9. The maximum Gasteiger partial charge on any atom is 0.0534 e. The summed E-state index contributed by atoms with van der Waals surface area (Å²) < 4.78 is 7.02. The van der Waals surface area contributed by atoms with E-state index in [0.717, 1.165) is 24.2 Å². The maximum atomic E-state index is 2.40. The highest BCUT2D eigenvalue weighted by Gasteiger charge is 2.18. The molecule has 0 amide bonds. The van der Waals surface area contributed by atoms with E-state index in [-0.39, 0.29) is 0 Å². The van der Waals surface area contributed by atoms with Crippen LogP contribution in [0.3, 0.4) is 0 Å². The van der Waals surface area contributed by atoms with Crippen molar-refractivity contribution in [3.63, 3.8) is 0 Å². The minimum absolute atomic E-state index is 1.02. The molecule has 0 aliphatic heterocycles. The van der Waals surface area contributed by atoms with Gasteiger partial charge in [-0.2, -0.15) is 0 Å². The van der Waals surface area contributed by atoms with Gasteiger partial charge in [0.15, 0.2) is 0 Å². The zero-order valence-corrected chi connectivity index (χ0v) is 38.1. The molecule has 13 rings (SSSR count). The van der Waals surface area contributed by atoms with Crippen molar-refractivity contribution in [2.24, 2.45) is 0 Å². The fourth-order valence-electron chi connectivity index (χ4n) is 10.6. The second kappa shape index (κ2) is 17.1. The number of benzene rings is 9. The van der Waals surface area contributed by atoms with Gasteiger partial charge < -0.3 is 13.7 Å². The van der Waals surface area contributed by atoms with E-state index < -0.39 is 0 Å². The lowest BCUT2D eigenvalue weighted by Gasteiger charge is -2.14. The van der Waals surface area contributed by atoms with Crippen LogP contribution < -0.4 is 0 Å². The number of hydrogen-bond donors (Lipinski definition) is 0. The first kappa shape index (κ1) is 40.4. The van der Waals surface area contributed by atoms with Crippen molar-refractivity contribution in [3.8, 4) is 78.1 Å². The summed E-state index contributed by atoms with van der Waals surface area (Å²) in [5.41, 5.74) is 21.5. The smallest absolute Gasteiger partial charge is 0.0534 e. The van der Waals surface area contributed by atoms with Crippen molar-refractivity contribution >= 4 is 38.4 Å². The van der Waals surface area contributed by atoms with Gasteiger partial charge in [-0.25, -0.2) is 0 Å². The van der Waals surface area contributed by atoms with Gasteiger partial charge in [0.1, 0.15) is 0 Å². The second-order valence-corrected chi connectivity index (χ2v) is 18.1. The van der Waals surface area contributed by atoms with Crippen molar-refractivity contribution in [2.75, 3.05) is 0 Å². The third-order valence-corrected chi connectivity index (χ3v) is 14.0. The van der Waals surface area contributed by atoms with E-state index in [9.17, 15) is 0 Å². The van der Waals surface area contributed by atoms with Crippen LogP contribution in [-0.2, 0) is 0 Å². The molecule has 3 heterocycles. The summed E-state index contributed by atoms with van der Waals surface area (Å²) >= 11 is 0. The lowest BCUT2D eigenvalue weighted by atomic mass is 9.90. The Labute approximate surface area is 402 Å². The molecule has 69 heavy (non-hydrogen) atoms. The van der Waals surface area contributed by atoms with Gasteiger partial charge >= 0.3 is 0 Å². The number of allylic oxidation sites excluding steroid dienone is 4. The first-order chi connectivity index (χ1) is 34.2. The monoisotopic (exact) mass is 881 g/mol. The van der Waals surface area contributed by atoms with Crippen LogP contribution in [0.4, 0.5) is 0 Å². The van der Waals surface area contributed by atoms with Crippen molar-refractivity contribution < 1.29 is 0 Å². The summed E-state index contributed by atoms with van der Waals surface area (Å²) in [4.78, 5) is 0. The highest BCUT2D eigenvalue weighted by molar-refractivity contribution is 6.01. The third-order valence-electron chi connectivity index (χ3n) is 14.0. The minimum atomic E-state index is 1.02. The molecule has 0 saturated heterocycles. The number of fused-ring (bicyclic) bond motifs is 3. The van der Waals surface area contributed by atoms with Gasteiger partial charge in [-0.15, -0.1) is 0 Å².